The standard InChI is InChI=1S/C11H15NO3.ClH/c1-8-9(11(13)14-2)4-3-5-10(8)15-7-6-12;/h3-5H,6-7,12H2,1-2H3;1H. The summed E-state index contributed by atoms with van der Waals surface area (Å²) >= 11 is 0. The molecule has 0 saturated carbocycles. The number of carbonyl (C=O) groups is 1. The molecule has 1 rings (SSSR count). The Morgan fingerprint density at radius 2 is 2.12 bits per heavy atom. The van der Waals surface area contributed by atoms with Gasteiger partial charge in [0.15, 0.2) is 0 Å². The number of halogens is 1. The fourth-order valence-electron chi connectivity index (χ4n) is 1.27. The lowest BCUT2D eigenvalue weighted by molar-refractivity contribution is 0.0599. The van der Waals surface area contributed by atoms with E-state index in [4.69, 9.17) is 10.5 Å². The summed E-state index contributed by atoms with van der Waals surface area (Å²) in [5, 5.41) is 0. The van der Waals surface area contributed by atoms with Crippen molar-refractivity contribution in [3.8, 4) is 5.75 Å². The average Bonchev–Trinajstić information content (AvgIpc) is 2.27. The molecule has 0 bridgehead atoms. The minimum Gasteiger partial charge on any atom is -0.492 e. The minimum atomic E-state index is -0.356. The van der Waals surface area contributed by atoms with Crippen LogP contribution in [0.1, 0.15) is 15.9 Å². The van der Waals surface area contributed by atoms with Gasteiger partial charge in [-0.2, -0.15) is 0 Å². The van der Waals surface area contributed by atoms with Gasteiger partial charge in [-0.3, -0.25) is 0 Å². The Morgan fingerprint density at radius 3 is 2.69 bits per heavy atom. The van der Waals surface area contributed by atoms with E-state index >= 15 is 0 Å². The summed E-state index contributed by atoms with van der Waals surface area (Å²) in [6.07, 6.45) is 0. The Kier molecular flexibility index (Phi) is 6.53. The predicted octanol–water partition coefficient (Wildman–Crippen LogP) is 1.54. The van der Waals surface area contributed by atoms with Crippen LogP contribution < -0.4 is 10.5 Å². The monoisotopic (exact) mass is 245 g/mol. The van der Waals surface area contributed by atoms with E-state index in [2.05, 4.69) is 4.74 Å². The lowest BCUT2D eigenvalue weighted by atomic mass is 10.1. The quantitative estimate of drug-likeness (QED) is 0.818. The van der Waals surface area contributed by atoms with Gasteiger partial charge in [-0.15, -0.1) is 12.4 Å². The molecule has 1 aromatic carbocycles. The van der Waals surface area contributed by atoms with Crippen molar-refractivity contribution in [3.63, 3.8) is 0 Å². The van der Waals surface area contributed by atoms with Crippen molar-refractivity contribution in [2.45, 2.75) is 6.92 Å². The highest BCUT2D eigenvalue weighted by atomic mass is 35.5. The van der Waals surface area contributed by atoms with E-state index in [-0.39, 0.29) is 18.4 Å². The second-order valence-electron chi connectivity index (χ2n) is 3.06. The van der Waals surface area contributed by atoms with Gasteiger partial charge in [0.25, 0.3) is 0 Å². The zero-order chi connectivity index (χ0) is 11.3. The highest BCUT2D eigenvalue weighted by molar-refractivity contribution is 5.91. The van der Waals surface area contributed by atoms with E-state index in [1.54, 1.807) is 18.2 Å². The second-order valence-corrected chi connectivity index (χ2v) is 3.06. The molecule has 0 aliphatic carbocycles. The smallest absolute Gasteiger partial charge is 0.338 e. The molecule has 5 heteroatoms. The molecule has 0 amide bonds. The van der Waals surface area contributed by atoms with Crippen LogP contribution in [0.3, 0.4) is 0 Å². The molecule has 2 N–H and O–H groups in total. The van der Waals surface area contributed by atoms with Crippen LogP contribution in [-0.4, -0.2) is 26.2 Å². The number of rotatable bonds is 4. The molecule has 0 aromatic heterocycles. The Labute approximate surface area is 101 Å². The molecular weight excluding hydrogens is 230 g/mol. The molecule has 90 valence electrons. The summed E-state index contributed by atoms with van der Waals surface area (Å²) in [6, 6.07) is 5.26. The molecule has 0 unspecified atom stereocenters. The number of hydrogen-bond donors (Lipinski definition) is 1. The number of ether oxygens (including phenoxy) is 2. The molecular formula is C11H16ClNO3. The van der Waals surface area contributed by atoms with Crippen LogP contribution in [0.25, 0.3) is 0 Å². The number of nitrogens with two attached hydrogens (primary N) is 1. The summed E-state index contributed by atoms with van der Waals surface area (Å²) in [7, 11) is 1.36. The number of esters is 1. The molecule has 0 atom stereocenters. The maximum Gasteiger partial charge on any atom is 0.338 e. The highest BCUT2D eigenvalue weighted by Crippen LogP contribution is 2.21. The zero-order valence-corrected chi connectivity index (χ0v) is 10.2. The Morgan fingerprint density at radius 1 is 1.44 bits per heavy atom. The van der Waals surface area contributed by atoms with Gasteiger partial charge in [0.1, 0.15) is 12.4 Å². The molecule has 0 aliphatic rings. The Bertz CT molecular complexity index is 355. The highest BCUT2D eigenvalue weighted by Gasteiger charge is 2.11. The average molecular weight is 246 g/mol. The molecule has 4 nitrogen and oxygen atoms in total. The molecule has 0 aliphatic heterocycles. The third kappa shape index (κ3) is 3.40. The van der Waals surface area contributed by atoms with Crippen LogP contribution in [0.15, 0.2) is 18.2 Å². The zero-order valence-electron chi connectivity index (χ0n) is 9.36. The minimum absolute atomic E-state index is 0. The first-order valence-corrected chi connectivity index (χ1v) is 4.71. The van der Waals surface area contributed by atoms with E-state index in [0.29, 0.717) is 24.5 Å². The van der Waals surface area contributed by atoms with Crippen LogP contribution >= 0.6 is 12.4 Å². The topological polar surface area (TPSA) is 61.5 Å². The van der Waals surface area contributed by atoms with Crippen molar-refractivity contribution in [2.24, 2.45) is 5.73 Å². The second kappa shape index (κ2) is 7.09. The molecule has 0 fully saturated rings. The van der Waals surface area contributed by atoms with Crippen molar-refractivity contribution in [3.05, 3.63) is 29.3 Å². The van der Waals surface area contributed by atoms with Crippen LogP contribution in [-0.2, 0) is 4.74 Å². The van der Waals surface area contributed by atoms with Crippen molar-refractivity contribution in [2.75, 3.05) is 20.3 Å². The Balaban J connectivity index is 0.00000225. The SMILES string of the molecule is COC(=O)c1cccc(OCCN)c1C.Cl. The fraction of sp³-hybridized carbons (Fsp3) is 0.364. The van der Waals surface area contributed by atoms with E-state index in [9.17, 15) is 4.79 Å². The molecule has 1 aromatic rings. The molecule has 0 spiro atoms. The summed E-state index contributed by atoms with van der Waals surface area (Å²) in [5.74, 6) is 0.314. The van der Waals surface area contributed by atoms with Crippen molar-refractivity contribution in [1.82, 2.24) is 0 Å². The van der Waals surface area contributed by atoms with E-state index < -0.39 is 0 Å². The van der Waals surface area contributed by atoms with Gasteiger partial charge in [-0.25, -0.2) is 4.79 Å². The van der Waals surface area contributed by atoms with Gasteiger partial charge in [0, 0.05) is 12.1 Å². The Hall–Kier alpha value is -1.26. The molecule has 0 saturated heterocycles. The van der Waals surface area contributed by atoms with E-state index in [0.717, 1.165) is 5.56 Å². The van der Waals surface area contributed by atoms with Crippen LogP contribution in [0.4, 0.5) is 0 Å². The number of carbonyl (C=O) groups excluding carboxylic acids is 1. The first kappa shape index (κ1) is 14.7. The summed E-state index contributed by atoms with van der Waals surface area (Å²) < 4.78 is 10.0. The third-order valence-corrected chi connectivity index (χ3v) is 2.06. The molecule has 16 heavy (non-hydrogen) atoms. The maximum atomic E-state index is 11.4. The summed E-state index contributed by atoms with van der Waals surface area (Å²) in [6.45, 7) is 2.70. The van der Waals surface area contributed by atoms with Crippen LogP contribution in [0, 0.1) is 6.92 Å². The number of benzene rings is 1. The van der Waals surface area contributed by atoms with Crippen LogP contribution in [0.2, 0.25) is 0 Å². The van der Waals surface area contributed by atoms with Gasteiger partial charge < -0.3 is 15.2 Å². The predicted molar refractivity (Wildman–Crippen MR) is 64.3 cm³/mol. The summed E-state index contributed by atoms with van der Waals surface area (Å²) in [5.41, 5.74) is 6.63. The lowest BCUT2D eigenvalue weighted by Crippen LogP contribution is -2.12. The van der Waals surface area contributed by atoms with Gasteiger partial charge in [0.05, 0.1) is 12.7 Å². The largest absolute Gasteiger partial charge is 0.492 e. The van der Waals surface area contributed by atoms with Gasteiger partial charge in [-0.05, 0) is 19.1 Å². The van der Waals surface area contributed by atoms with E-state index in [1.165, 1.54) is 7.11 Å². The number of methoxy groups -OCH3 is 1. The number of hydrogen-bond acceptors (Lipinski definition) is 4. The lowest BCUT2D eigenvalue weighted by Gasteiger charge is -2.10. The van der Waals surface area contributed by atoms with Crippen LogP contribution in [0.5, 0.6) is 5.75 Å². The first-order chi connectivity index (χ1) is 7.20. The molecule has 0 radical (unpaired) electrons. The maximum absolute atomic E-state index is 11.4. The van der Waals surface area contributed by atoms with Crippen molar-refractivity contribution in [1.29, 1.82) is 0 Å². The van der Waals surface area contributed by atoms with Crippen molar-refractivity contribution >= 4 is 18.4 Å². The van der Waals surface area contributed by atoms with Gasteiger partial charge in [0.2, 0.25) is 0 Å². The third-order valence-electron chi connectivity index (χ3n) is 2.06. The molecule has 0 heterocycles. The fourth-order valence-corrected chi connectivity index (χ4v) is 1.27. The summed E-state index contributed by atoms with van der Waals surface area (Å²) in [4.78, 5) is 11.4. The van der Waals surface area contributed by atoms with Gasteiger partial charge in [-0.1, -0.05) is 6.07 Å². The normalized spacial score (nSPS) is 9.19. The first-order valence-electron chi connectivity index (χ1n) is 4.71. The van der Waals surface area contributed by atoms with Gasteiger partial charge >= 0.3 is 5.97 Å². The van der Waals surface area contributed by atoms with Crippen molar-refractivity contribution < 1.29 is 14.3 Å². The van der Waals surface area contributed by atoms with E-state index in [1.807, 2.05) is 6.92 Å².